The van der Waals surface area contributed by atoms with Crippen molar-refractivity contribution in [2.24, 2.45) is 5.41 Å². The predicted octanol–water partition coefficient (Wildman–Crippen LogP) is 4.14. The van der Waals surface area contributed by atoms with E-state index in [1.807, 2.05) is 20.8 Å². The lowest BCUT2D eigenvalue weighted by molar-refractivity contribution is -0.125. The summed E-state index contributed by atoms with van der Waals surface area (Å²) < 4.78 is 28.0. The molecule has 8 heteroatoms. The molecule has 0 fully saturated rings. The van der Waals surface area contributed by atoms with Crippen molar-refractivity contribution in [1.82, 2.24) is 0 Å². The van der Waals surface area contributed by atoms with Crippen molar-refractivity contribution in [3.63, 3.8) is 0 Å². The van der Waals surface area contributed by atoms with E-state index >= 15 is 0 Å². The molecule has 1 aliphatic heterocycles. The molecule has 1 aromatic heterocycles. The average molecular weight is 399 g/mol. The van der Waals surface area contributed by atoms with E-state index in [0.29, 0.717) is 23.0 Å². The van der Waals surface area contributed by atoms with Crippen LogP contribution < -0.4 is 9.62 Å². The van der Waals surface area contributed by atoms with Crippen LogP contribution in [0.15, 0.2) is 34.5 Å². The number of sulfonamides is 1. The average Bonchev–Trinajstić information content (AvgIpc) is 3.11. The number of nitrogens with zero attached hydrogens (tertiary/aromatic N) is 1. The van der Waals surface area contributed by atoms with Gasteiger partial charge in [-0.3, -0.25) is 9.52 Å². The highest BCUT2D eigenvalue weighted by molar-refractivity contribution is 7.94. The Hall–Kier alpha value is -1.57. The second kappa shape index (κ2) is 6.30. The summed E-state index contributed by atoms with van der Waals surface area (Å²) in [5, 5.41) is 0. The zero-order chi connectivity index (χ0) is 18.4. The van der Waals surface area contributed by atoms with E-state index in [1.165, 1.54) is 6.07 Å². The summed E-state index contributed by atoms with van der Waals surface area (Å²) in [6.07, 6.45) is 0.706. The van der Waals surface area contributed by atoms with Gasteiger partial charge in [0.2, 0.25) is 5.91 Å². The van der Waals surface area contributed by atoms with E-state index in [2.05, 4.69) is 4.72 Å². The molecule has 1 amide bonds. The minimum atomic E-state index is -3.66. The molecule has 0 bridgehead atoms. The van der Waals surface area contributed by atoms with Crippen molar-refractivity contribution >= 4 is 50.2 Å². The number of anilines is 2. The number of amides is 1. The monoisotopic (exact) mass is 398 g/mol. The highest BCUT2D eigenvalue weighted by Gasteiger charge is 2.32. The van der Waals surface area contributed by atoms with Crippen LogP contribution in [0.3, 0.4) is 0 Å². The van der Waals surface area contributed by atoms with Gasteiger partial charge in [-0.2, -0.15) is 0 Å². The van der Waals surface area contributed by atoms with Crippen molar-refractivity contribution in [2.45, 2.75) is 31.4 Å². The highest BCUT2D eigenvalue weighted by atomic mass is 35.5. The third kappa shape index (κ3) is 3.68. The third-order valence-electron chi connectivity index (χ3n) is 3.93. The number of carbonyl (C=O) groups is 1. The van der Waals surface area contributed by atoms with Gasteiger partial charge in [0, 0.05) is 23.3 Å². The molecule has 0 aliphatic carbocycles. The summed E-state index contributed by atoms with van der Waals surface area (Å²) in [6.45, 7) is 6.29. The smallest absolute Gasteiger partial charge is 0.271 e. The Morgan fingerprint density at radius 2 is 1.96 bits per heavy atom. The van der Waals surface area contributed by atoms with Crippen molar-refractivity contribution in [2.75, 3.05) is 16.2 Å². The van der Waals surface area contributed by atoms with Crippen LogP contribution in [-0.4, -0.2) is 20.9 Å². The molecule has 25 heavy (non-hydrogen) atoms. The summed E-state index contributed by atoms with van der Waals surface area (Å²) in [5.74, 6) is 0.0628. The summed E-state index contributed by atoms with van der Waals surface area (Å²) >= 11 is 6.83. The summed E-state index contributed by atoms with van der Waals surface area (Å²) in [6, 6.07) is 8.30. The molecule has 0 radical (unpaired) electrons. The summed E-state index contributed by atoms with van der Waals surface area (Å²) in [5.41, 5.74) is 1.83. The first-order valence-electron chi connectivity index (χ1n) is 7.81. The molecule has 0 saturated heterocycles. The second-order valence-electron chi connectivity index (χ2n) is 6.96. The lowest BCUT2D eigenvalue weighted by atomic mass is 9.94. The van der Waals surface area contributed by atoms with Gasteiger partial charge < -0.3 is 4.90 Å². The minimum Gasteiger partial charge on any atom is -0.311 e. The maximum absolute atomic E-state index is 12.5. The molecule has 1 aliphatic rings. The molecular weight excluding hydrogens is 380 g/mol. The molecule has 134 valence electrons. The number of hydrogen-bond donors (Lipinski definition) is 1. The maximum Gasteiger partial charge on any atom is 0.271 e. The van der Waals surface area contributed by atoms with Crippen LogP contribution in [0.1, 0.15) is 26.3 Å². The van der Waals surface area contributed by atoms with Crippen LogP contribution in [0, 0.1) is 5.41 Å². The molecule has 3 rings (SSSR count). The fourth-order valence-corrected chi connectivity index (χ4v) is 5.26. The van der Waals surface area contributed by atoms with Crippen molar-refractivity contribution in [3.8, 4) is 0 Å². The lowest BCUT2D eigenvalue weighted by Crippen LogP contribution is -2.38. The normalized spacial score (nSPS) is 14.5. The van der Waals surface area contributed by atoms with Crippen LogP contribution in [0.5, 0.6) is 0 Å². The summed E-state index contributed by atoms with van der Waals surface area (Å²) in [4.78, 5) is 14.3. The number of nitrogens with one attached hydrogen (secondary N) is 1. The van der Waals surface area contributed by atoms with Crippen molar-refractivity contribution in [3.05, 3.63) is 40.2 Å². The molecular formula is C17H19ClN2O3S2. The van der Waals surface area contributed by atoms with Crippen LogP contribution in [-0.2, 0) is 21.2 Å². The molecule has 0 saturated carbocycles. The first-order valence-corrected chi connectivity index (χ1v) is 10.5. The standard InChI is InChI=1S/C17H19ClN2O3S2/c1-17(2,3)16(21)20-9-8-11-10-12(4-5-13(11)20)19-25(22,23)15-7-6-14(18)24-15/h4-7,10,19H,8-9H2,1-3H3. The number of fused-ring (bicyclic) bond motifs is 1. The van der Waals surface area contributed by atoms with Gasteiger partial charge in [-0.25, -0.2) is 8.42 Å². The van der Waals surface area contributed by atoms with Gasteiger partial charge in [-0.1, -0.05) is 32.4 Å². The highest BCUT2D eigenvalue weighted by Crippen LogP contribution is 2.34. The number of thiophene rings is 1. The van der Waals surface area contributed by atoms with Gasteiger partial charge in [0.15, 0.2) is 0 Å². The van der Waals surface area contributed by atoms with Gasteiger partial charge in [0.05, 0.1) is 4.34 Å². The van der Waals surface area contributed by atoms with Gasteiger partial charge in [0.1, 0.15) is 4.21 Å². The first kappa shape index (κ1) is 18.2. The Kier molecular flexibility index (Phi) is 4.59. The van der Waals surface area contributed by atoms with Crippen LogP contribution in [0.2, 0.25) is 4.34 Å². The molecule has 5 nitrogen and oxygen atoms in total. The van der Waals surface area contributed by atoms with Gasteiger partial charge in [-0.15, -0.1) is 11.3 Å². The largest absolute Gasteiger partial charge is 0.311 e. The Labute approximate surface area is 156 Å². The maximum atomic E-state index is 12.5. The molecule has 2 aromatic rings. The van der Waals surface area contributed by atoms with E-state index in [-0.39, 0.29) is 10.1 Å². The van der Waals surface area contributed by atoms with E-state index in [0.717, 1.165) is 22.6 Å². The van der Waals surface area contributed by atoms with E-state index in [9.17, 15) is 13.2 Å². The molecule has 1 aromatic carbocycles. The van der Waals surface area contributed by atoms with E-state index < -0.39 is 15.4 Å². The first-order chi connectivity index (χ1) is 11.6. The van der Waals surface area contributed by atoms with E-state index in [4.69, 9.17) is 11.6 Å². The second-order valence-corrected chi connectivity index (χ2v) is 10.6. The fourth-order valence-electron chi connectivity index (χ4n) is 2.73. The third-order valence-corrected chi connectivity index (χ3v) is 7.03. The number of carbonyl (C=O) groups excluding carboxylic acids is 1. The minimum absolute atomic E-state index is 0.0628. The Bertz CT molecular complexity index is 930. The molecule has 1 N–H and O–H groups in total. The SMILES string of the molecule is CC(C)(C)C(=O)N1CCc2cc(NS(=O)(=O)c3ccc(Cl)s3)ccc21. The van der Waals surface area contributed by atoms with E-state index in [1.54, 1.807) is 29.2 Å². The Morgan fingerprint density at radius 1 is 1.24 bits per heavy atom. The quantitative estimate of drug-likeness (QED) is 0.844. The fraction of sp³-hybridized carbons (Fsp3) is 0.353. The van der Waals surface area contributed by atoms with Crippen LogP contribution in [0.25, 0.3) is 0 Å². The molecule has 0 unspecified atom stereocenters. The Balaban J connectivity index is 1.85. The number of halogens is 1. The predicted molar refractivity (Wildman–Crippen MR) is 102 cm³/mol. The number of hydrogen-bond acceptors (Lipinski definition) is 4. The van der Waals surface area contributed by atoms with Crippen LogP contribution >= 0.6 is 22.9 Å². The number of benzene rings is 1. The summed E-state index contributed by atoms with van der Waals surface area (Å²) in [7, 11) is -3.66. The Morgan fingerprint density at radius 3 is 2.56 bits per heavy atom. The van der Waals surface area contributed by atoms with Crippen LogP contribution in [0.4, 0.5) is 11.4 Å². The lowest BCUT2D eigenvalue weighted by Gasteiger charge is -2.26. The van der Waals surface area contributed by atoms with Gasteiger partial charge in [0.25, 0.3) is 10.0 Å². The zero-order valence-corrected chi connectivity index (χ0v) is 16.6. The van der Waals surface area contributed by atoms with Crippen molar-refractivity contribution < 1.29 is 13.2 Å². The molecule has 0 atom stereocenters. The van der Waals surface area contributed by atoms with Gasteiger partial charge >= 0.3 is 0 Å². The molecule has 2 heterocycles. The van der Waals surface area contributed by atoms with Gasteiger partial charge in [-0.05, 0) is 42.3 Å². The number of rotatable bonds is 3. The molecule has 0 spiro atoms. The zero-order valence-electron chi connectivity index (χ0n) is 14.2. The topological polar surface area (TPSA) is 66.5 Å². The van der Waals surface area contributed by atoms with Crippen molar-refractivity contribution in [1.29, 1.82) is 0 Å².